The summed E-state index contributed by atoms with van der Waals surface area (Å²) in [6, 6.07) is 3.00. The fourth-order valence-electron chi connectivity index (χ4n) is 3.81. The number of hydrogen-bond donors (Lipinski definition) is 5. The second-order valence-electron chi connectivity index (χ2n) is 7.86. The molecule has 1 aromatic carbocycles. The Hall–Kier alpha value is -2.54. The fraction of sp³-hybridized carbons (Fsp3) is 0.364. The third kappa shape index (κ3) is 5.40. The summed E-state index contributed by atoms with van der Waals surface area (Å²) in [6.45, 7) is 0. The molecule has 0 bridgehead atoms. The molecule has 1 amide bonds. The summed E-state index contributed by atoms with van der Waals surface area (Å²) in [6.07, 6.45) is 2.52. The van der Waals surface area contributed by atoms with Crippen molar-refractivity contribution in [2.75, 3.05) is 25.6 Å². The van der Waals surface area contributed by atoms with Gasteiger partial charge in [-0.2, -0.15) is 11.8 Å². The zero-order valence-electron chi connectivity index (χ0n) is 18.7. The highest BCUT2D eigenvalue weighted by atomic mass is 32.2. The number of thioether (sulfide) groups is 2. The van der Waals surface area contributed by atoms with Crippen molar-refractivity contribution in [2.45, 2.75) is 24.9 Å². The highest BCUT2D eigenvalue weighted by Crippen LogP contribution is 2.30. The molecule has 0 atom stereocenters. The zero-order valence-corrected chi connectivity index (χ0v) is 20.3. The van der Waals surface area contributed by atoms with E-state index in [9.17, 15) is 23.5 Å². The molecule has 1 saturated heterocycles. The Bertz CT molecular complexity index is 1100. The van der Waals surface area contributed by atoms with Crippen LogP contribution in [-0.2, 0) is 16.0 Å². The SMILES string of the molecule is CNC1(N(C)C(=O)C2=C(O)C(=O)C(C(=N)SC(=N)Cc3ccc(F)cc3F)=C[NH2+]2)CCSCC1. The predicted molar refractivity (Wildman–Crippen MR) is 129 cm³/mol. The van der Waals surface area contributed by atoms with Crippen LogP contribution in [0.15, 0.2) is 41.4 Å². The highest BCUT2D eigenvalue weighted by Gasteiger charge is 2.42. The molecular weight excluding hydrogens is 484 g/mol. The van der Waals surface area contributed by atoms with Gasteiger partial charge in [0.2, 0.25) is 17.2 Å². The lowest BCUT2D eigenvalue weighted by molar-refractivity contribution is -0.532. The second-order valence-corrected chi connectivity index (χ2v) is 10.2. The van der Waals surface area contributed by atoms with Crippen LogP contribution in [0.25, 0.3) is 0 Å². The van der Waals surface area contributed by atoms with Crippen LogP contribution >= 0.6 is 23.5 Å². The van der Waals surface area contributed by atoms with Gasteiger partial charge in [0.05, 0.1) is 10.7 Å². The number of aliphatic hydroxyl groups excluding tert-OH is 1. The number of rotatable bonds is 6. The minimum Gasteiger partial charge on any atom is -0.500 e. The number of Topliss-reactive ketones (excluding diaryl/α,β-unsaturated/α-hetero) is 1. The number of quaternary nitrogens is 1. The first kappa shape index (κ1) is 26.1. The van der Waals surface area contributed by atoms with Crippen LogP contribution in [-0.4, -0.2) is 63.0 Å². The van der Waals surface area contributed by atoms with Gasteiger partial charge in [0.25, 0.3) is 0 Å². The first-order valence-electron chi connectivity index (χ1n) is 10.5. The van der Waals surface area contributed by atoms with Gasteiger partial charge in [-0.3, -0.25) is 31.0 Å². The van der Waals surface area contributed by atoms with E-state index >= 15 is 0 Å². The summed E-state index contributed by atoms with van der Waals surface area (Å²) in [4.78, 5) is 27.4. The molecule has 0 unspecified atom stereocenters. The number of hydrogen-bond acceptors (Lipinski definition) is 8. The first-order chi connectivity index (χ1) is 16.1. The summed E-state index contributed by atoms with van der Waals surface area (Å²) < 4.78 is 26.9. The summed E-state index contributed by atoms with van der Waals surface area (Å²) in [5.41, 5.74) is -0.835. The maximum atomic E-state index is 13.8. The lowest BCUT2D eigenvalue weighted by atomic mass is 9.99. The summed E-state index contributed by atoms with van der Waals surface area (Å²) in [5, 5.41) is 30.8. The molecule has 0 saturated carbocycles. The molecule has 2 aliphatic heterocycles. The Kier molecular flexibility index (Phi) is 8.29. The van der Waals surface area contributed by atoms with Crippen molar-refractivity contribution in [3.8, 4) is 0 Å². The van der Waals surface area contributed by atoms with E-state index in [2.05, 4.69) is 5.32 Å². The van der Waals surface area contributed by atoms with Crippen LogP contribution in [0.5, 0.6) is 0 Å². The van der Waals surface area contributed by atoms with Crippen molar-refractivity contribution < 1.29 is 28.8 Å². The van der Waals surface area contributed by atoms with E-state index in [0.717, 1.165) is 30.4 Å². The van der Waals surface area contributed by atoms with E-state index in [1.54, 1.807) is 25.9 Å². The Morgan fingerprint density at radius 2 is 2.00 bits per heavy atom. The molecule has 0 aliphatic carbocycles. The van der Waals surface area contributed by atoms with Crippen LogP contribution in [0.3, 0.4) is 0 Å². The molecule has 12 heteroatoms. The fourth-order valence-corrected chi connectivity index (χ4v) is 5.73. The van der Waals surface area contributed by atoms with Gasteiger partial charge < -0.3 is 10.0 Å². The lowest BCUT2D eigenvalue weighted by Crippen LogP contribution is -2.81. The predicted octanol–water partition coefficient (Wildman–Crippen LogP) is 1.90. The number of amides is 1. The molecule has 0 spiro atoms. The Morgan fingerprint density at radius 3 is 2.62 bits per heavy atom. The van der Waals surface area contributed by atoms with E-state index in [0.29, 0.717) is 17.8 Å². The van der Waals surface area contributed by atoms with Crippen molar-refractivity contribution in [1.82, 2.24) is 10.2 Å². The average molecular weight is 511 g/mol. The number of ketones is 1. The largest absolute Gasteiger partial charge is 0.500 e. The Balaban J connectivity index is 1.68. The topological polar surface area (TPSA) is 134 Å². The van der Waals surface area contributed by atoms with Gasteiger partial charge in [0.15, 0.2) is 0 Å². The molecule has 8 nitrogen and oxygen atoms in total. The Morgan fingerprint density at radius 1 is 1.32 bits per heavy atom. The van der Waals surface area contributed by atoms with E-state index in [-0.39, 0.29) is 33.3 Å². The van der Waals surface area contributed by atoms with Crippen molar-refractivity contribution in [3.05, 3.63) is 58.6 Å². The molecule has 0 aromatic heterocycles. The minimum absolute atomic E-state index is 0.0838. The monoisotopic (exact) mass is 510 g/mol. The van der Waals surface area contributed by atoms with Gasteiger partial charge in [-0.1, -0.05) is 17.8 Å². The number of nitrogens with two attached hydrogens (primary N) is 1. The highest BCUT2D eigenvalue weighted by molar-refractivity contribution is 8.26. The third-order valence-corrected chi connectivity index (χ3v) is 7.73. The van der Waals surface area contributed by atoms with E-state index < -0.39 is 34.7 Å². The van der Waals surface area contributed by atoms with Crippen molar-refractivity contribution >= 4 is 45.3 Å². The Labute approximate surface area is 204 Å². The van der Waals surface area contributed by atoms with E-state index in [1.165, 1.54) is 22.5 Å². The first-order valence-corrected chi connectivity index (χ1v) is 12.4. The van der Waals surface area contributed by atoms with Gasteiger partial charge >= 0.3 is 5.91 Å². The molecule has 0 radical (unpaired) electrons. The maximum absolute atomic E-state index is 13.8. The average Bonchev–Trinajstić information content (AvgIpc) is 2.82. The van der Waals surface area contributed by atoms with Crippen molar-refractivity contribution in [1.29, 1.82) is 10.8 Å². The summed E-state index contributed by atoms with van der Waals surface area (Å²) in [5.74, 6) is -1.95. The maximum Gasteiger partial charge on any atom is 0.313 e. The zero-order chi connectivity index (χ0) is 25.0. The molecule has 2 aliphatic rings. The number of likely N-dealkylation sites (N-methyl/N-ethyl adjacent to an activating group) is 1. The number of benzene rings is 1. The third-order valence-electron chi connectivity index (χ3n) is 5.93. The standard InChI is InChI=1S/C22H25F2N5O3S2/c1-27-22(5-7-33-8-6-22)29(2)21(32)17-19(31)18(30)14(11-28-17)20(26)34-16(25)9-12-3-4-13(23)10-15(12)24/h3-4,10-11,25-27,31H,5-9H2,1-2H3,(H,28,30)/p+1. The number of carbonyl (C=O) groups is 2. The molecular formula is C22H26F2N5O3S2+. The van der Waals surface area contributed by atoms with Crippen LogP contribution in [0, 0.1) is 22.5 Å². The molecule has 2 heterocycles. The smallest absolute Gasteiger partial charge is 0.313 e. The van der Waals surface area contributed by atoms with Crippen LogP contribution in [0.1, 0.15) is 18.4 Å². The van der Waals surface area contributed by atoms with Crippen LogP contribution in [0.4, 0.5) is 8.78 Å². The minimum atomic E-state index is -0.893. The number of nitrogens with zero attached hydrogens (tertiary/aromatic N) is 1. The van der Waals surface area contributed by atoms with Crippen LogP contribution < -0.4 is 10.6 Å². The van der Waals surface area contributed by atoms with E-state index in [4.69, 9.17) is 10.8 Å². The summed E-state index contributed by atoms with van der Waals surface area (Å²) in [7, 11) is 3.40. The van der Waals surface area contributed by atoms with Gasteiger partial charge in [-0.25, -0.2) is 8.78 Å². The van der Waals surface area contributed by atoms with Crippen molar-refractivity contribution in [3.63, 3.8) is 0 Å². The lowest BCUT2D eigenvalue weighted by Gasteiger charge is -2.44. The molecule has 34 heavy (non-hydrogen) atoms. The molecule has 1 fully saturated rings. The molecule has 1 aromatic rings. The molecule has 6 N–H and O–H groups in total. The number of halogens is 2. The van der Waals surface area contributed by atoms with Crippen molar-refractivity contribution in [2.24, 2.45) is 0 Å². The van der Waals surface area contributed by atoms with E-state index in [1.807, 2.05) is 0 Å². The number of aliphatic hydroxyl groups is 1. The quantitative estimate of drug-likeness (QED) is 0.226. The molecule has 182 valence electrons. The number of allylic oxidation sites excluding steroid dienone is 1. The normalized spacial score (nSPS) is 17.9. The molecule has 3 rings (SSSR count). The van der Waals surface area contributed by atoms with Crippen LogP contribution in [0.2, 0.25) is 0 Å². The summed E-state index contributed by atoms with van der Waals surface area (Å²) >= 11 is 2.41. The second kappa shape index (κ2) is 10.8. The number of carbonyl (C=O) groups excluding carboxylic acids is 2. The van der Waals surface area contributed by atoms with Gasteiger partial charge in [0.1, 0.15) is 28.5 Å². The number of nitrogens with one attached hydrogen (secondary N) is 3. The van der Waals surface area contributed by atoms with Gasteiger partial charge in [-0.05, 0) is 43.0 Å². The van der Waals surface area contributed by atoms with Gasteiger partial charge in [-0.15, -0.1) is 0 Å². The van der Waals surface area contributed by atoms with Gasteiger partial charge in [0, 0.05) is 19.5 Å².